The molecule has 1 N–H and O–H groups in total. The van der Waals surface area contributed by atoms with Crippen molar-refractivity contribution in [2.75, 3.05) is 5.75 Å². The third-order valence-corrected chi connectivity index (χ3v) is 4.00. The summed E-state index contributed by atoms with van der Waals surface area (Å²) in [5, 5.41) is 6.98. The zero-order chi connectivity index (χ0) is 15.1. The molecule has 0 radical (unpaired) electrons. The topological polar surface area (TPSA) is 59.8 Å². The van der Waals surface area contributed by atoms with Crippen molar-refractivity contribution in [3.8, 4) is 0 Å². The lowest BCUT2D eigenvalue weighted by atomic mass is 10.1. The van der Waals surface area contributed by atoms with Gasteiger partial charge in [-0.15, -0.1) is 11.8 Å². The minimum absolute atomic E-state index is 0.00826. The number of nitrogens with zero attached hydrogens (tertiary/aromatic N) is 3. The van der Waals surface area contributed by atoms with Crippen molar-refractivity contribution in [3.63, 3.8) is 0 Å². The van der Waals surface area contributed by atoms with Gasteiger partial charge in [-0.3, -0.25) is 9.48 Å². The molecule has 0 saturated carbocycles. The molecular weight excluding hydrogens is 284 g/mol. The lowest BCUT2D eigenvalue weighted by Crippen LogP contribution is -2.27. The fourth-order valence-electron chi connectivity index (χ4n) is 1.98. The number of carbonyl (C=O) groups excluding carboxylic acids is 1. The number of hydrogen-bond acceptors (Lipinski definition) is 4. The molecule has 0 bridgehead atoms. The number of carbonyl (C=O) groups is 1. The number of benzene rings is 1. The number of nitrogens with one attached hydrogen (secondary N) is 1. The second-order valence-electron chi connectivity index (χ2n) is 4.70. The van der Waals surface area contributed by atoms with E-state index in [1.165, 1.54) is 11.2 Å². The molecule has 6 heteroatoms. The first kappa shape index (κ1) is 15.6. The van der Waals surface area contributed by atoms with Gasteiger partial charge in [0.05, 0.1) is 12.6 Å². The summed E-state index contributed by atoms with van der Waals surface area (Å²) in [6.45, 7) is 4.68. The minimum Gasteiger partial charge on any atom is -0.350 e. The molecule has 0 fully saturated rings. The SMILES string of the molecule is CCSc1ccc(C(C)NC(=O)CCn2cncn2)cc1. The van der Waals surface area contributed by atoms with Gasteiger partial charge in [0.15, 0.2) is 0 Å². The first-order chi connectivity index (χ1) is 10.2. The summed E-state index contributed by atoms with van der Waals surface area (Å²) in [7, 11) is 0. The summed E-state index contributed by atoms with van der Waals surface area (Å²) < 4.78 is 1.65. The first-order valence-electron chi connectivity index (χ1n) is 7.03. The van der Waals surface area contributed by atoms with Gasteiger partial charge in [-0.1, -0.05) is 19.1 Å². The molecule has 1 atom stereocenters. The van der Waals surface area contributed by atoms with Crippen molar-refractivity contribution < 1.29 is 4.79 Å². The number of thioether (sulfide) groups is 1. The summed E-state index contributed by atoms with van der Waals surface area (Å²) >= 11 is 1.81. The Morgan fingerprint density at radius 2 is 2.14 bits per heavy atom. The van der Waals surface area contributed by atoms with Crippen LogP contribution in [0, 0.1) is 0 Å². The van der Waals surface area contributed by atoms with Crippen molar-refractivity contribution in [2.24, 2.45) is 0 Å². The predicted molar refractivity (Wildman–Crippen MR) is 84.0 cm³/mol. The van der Waals surface area contributed by atoms with Crippen LogP contribution >= 0.6 is 11.8 Å². The highest BCUT2D eigenvalue weighted by molar-refractivity contribution is 7.99. The van der Waals surface area contributed by atoms with Gasteiger partial charge < -0.3 is 5.32 Å². The quantitative estimate of drug-likeness (QED) is 0.799. The summed E-state index contributed by atoms with van der Waals surface area (Å²) in [5.74, 6) is 1.08. The van der Waals surface area contributed by atoms with Crippen molar-refractivity contribution in [2.45, 2.75) is 37.8 Å². The summed E-state index contributed by atoms with van der Waals surface area (Å²) in [4.78, 5) is 17.0. The molecule has 0 saturated heterocycles. The molecule has 2 rings (SSSR count). The smallest absolute Gasteiger partial charge is 0.222 e. The third-order valence-electron chi connectivity index (χ3n) is 3.10. The van der Waals surface area contributed by atoms with Crippen molar-refractivity contribution in [1.29, 1.82) is 0 Å². The molecule has 0 aliphatic rings. The second kappa shape index (κ2) is 7.83. The maximum Gasteiger partial charge on any atom is 0.222 e. The van der Waals surface area contributed by atoms with Crippen LogP contribution in [0.1, 0.15) is 31.9 Å². The zero-order valence-corrected chi connectivity index (χ0v) is 13.1. The Balaban J connectivity index is 1.82. The number of hydrogen-bond donors (Lipinski definition) is 1. The lowest BCUT2D eigenvalue weighted by molar-refractivity contribution is -0.122. The number of amides is 1. The van der Waals surface area contributed by atoms with E-state index in [9.17, 15) is 4.79 Å². The van der Waals surface area contributed by atoms with E-state index in [1.54, 1.807) is 11.0 Å². The number of aryl methyl sites for hydroxylation is 1. The Kier molecular flexibility index (Phi) is 5.80. The van der Waals surface area contributed by atoms with E-state index in [4.69, 9.17) is 0 Å². The summed E-state index contributed by atoms with van der Waals surface area (Å²) in [6, 6.07) is 8.35. The fourth-order valence-corrected chi connectivity index (χ4v) is 2.64. The molecule has 1 aromatic heterocycles. The van der Waals surface area contributed by atoms with Gasteiger partial charge in [0.2, 0.25) is 5.91 Å². The van der Waals surface area contributed by atoms with Gasteiger partial charge in [-0.25, -0.2) is 4.98 Å². The van der Waals surface area contributed by atoms with Crippen LogP contribution in [0.5, 0.6) is 0 Å². The van der Waals surface area contributed by atoms with E-state index in [2.05, 4.69) is 46.6 Å². The molecule has 1 unspecified atom stereocenters. The molecule has 0 aliphatic heterocycles. The average Bonchev–Trinajstić information content (AvgIpc) is 2.99. The molecule has 1 aromatic carbocycles. The minimum atomic E-state index is 0.00826. The first-order valence-corrected chi connectivity index (χ1v) is 8.02. The van der Waals surface area contributed by atoms with Crippen molar-refractivity contribution >= 4 is 17.7 Å². The number of aromatic nitrogens is 3. The van der Waals surface area contributed by atoms with Crippen LogP contribution in [-0.4, -0.2) is 26.4 Å². The highest BCUT2D eigenvalue weighted by atomic mass is 32.2. The molecule has 0 aliphatic carbocycles. The van der Waals surface area contributed by atoms with Crippen LogP contribution < -0.4 is 5.32 Å². The molecular formula is C15H20N4OS. The maximum absolute atomic E-state index is 11.9. The normalized spacial score (nSPS) is 12.1. The Morgan fingerprint density at radius 1 is 1.38 bits per heavy atom. The third kappa shape index (κ3) is 4.90. The standard InChI is InChI=1S/C15H20N4OS/c1-3-21-14-6-4-13(5-7-14)12(2)18-15(20)8-9-19-11-16-10-17-19/h4-7,10-12H,3,8-9H2,1-2H3,(H,18,20). The molecule has 2 aromatic rings. The van der Waals surface area contributed by atoms with Gasteiger partial charge in [-0.2, -0.15) is 5.10 Å². The Morgan fingerprint density at radius 3 is 2.76 bits per heavy atom. The largest absolute Gasteiger partial charge is 0.350 e. The van der Waals surface area contributed by atoms with E-state index in [1.807, 2.05) is 18.7 Å². The second-order valence-corrected chi connectivity index (χ2v) is 6.04. The Hall–Kier alpha value is -1.82. The van der Waals surface area contributed by atoms with Crippen molar-refractivity contribution in [1.82, 2.24) is 20.1 Å². The molecule has 1 amide bonds. The van der Waals surface area contributed by atoms with E-state index in [0.717, 1.165) is 11.3 Å². The van der Waals surface area contributed by atoms with E-state index in [-0.39, 0.29) is 11.9 Å². The van der Waals surface area contributed by atoms with Crippen LogP contribution in [0.4, 0.5) is 0 Å². The van der Waals surface area contributed by atoms with Gasteiger partial charge in [0.1, 0.15) is 12.7 Å². The van der Waals surface area contributed by atoms with Gasteiger partial charge in [0.25, 0.3) is 0 Å². The van der Waals surface area contributed by atoms with Gasteiger partial charge in [-0.05, 0) is 30.4 Å². The van der Waals surface area contributed by atoms with Gasteiger partial charge in [0, 0.05) is 11.3 Å². The molecule has 5 nitrogen and oxygen atoms in total. The van der Waals surface area contributed by atoms with Crippen LogP contribution in [0.15, 0.2) is 41.8 Å². The molecule has 21 heavy (non-hydrogen) atoms. The average molecular weight is 304 g/mol. The van der Waals surface area contributed by atoms with E-state index in [0.29, 0.717) is 13.0 Å². The molecule has 1 heterocycles. The Bertz CT molecular complexity index is 554. The fraction of sp³-hybridized carbons (Fsp3) is 0.400. The van der Waals surface area contributed by atoms with Crippen molar-refractivity contribution in [3.05, 3.63) is 42.5 Å². The molecule has 112 valence electrons. The maximum atomic E-state index is 11.9. The van der Waals surface area contributed by atoms with E-state index < -0.39 is 0 Å². The summed E-state index contributed by atoms with van der Waals surface area (Å²) in [5.41, 5.74) is 1.12. The zero-order valence-electron chi connectivity index (χ0n) is 12.3. The number of rotatable bonds is 7. The Labute approximate surface area is 129 Å². The molecule has 0 spiro atoms. The van der Waals surface area contributed by atoms with Crippen LogP contribution in [0.25, 0.3) is 0 Å². The van der Waals surface area contributed by atoms with E-state index >= 15 is 0 Å². The lowest BCUT2D eigenvalue weighted by Gasteiger charge is -2.14. The van der Waals surface area contributed by atoms with Gasteiger partial charge >= 0.3 is 0 Å². The summed E-state index contributed by atoms with van der Waals surface area (Å²) in [6.07, 6.45) is 3.48. The highest BCUT2D eigenvalue weighted by Crippen LogP contribution is 2.20. The van der Waals surface area contributed by atoms with Crippen LogP contribution in [0.3, 0.4) is 0 Å². The van der Waals surface area contributed by atoms with Crippen LogP contribution in [-0.2, 0) is 11.3 Å². The monoisotopic (exact) mass is 304 g/mol. The predicted octanol–water partition coefficient (Wildman–Crippen LogP) is 2.66. The highest BCUT2D eigenvalue weighted by Gasteiger charge is 2.09. The van der Waals surface area contributed by atoms with Crippen LogP contribution in [0.2, 0.25) is 0 Å².